The van der Waals surface area contributed by atoms with E-state index < -0.39 is 0 Å². The van der Waals surface area contributed by atoms with E-state index in [2.05, 4.69) is 67.1 Å². The average Bonchev–Trinajstić information content (AvgIpc) is 3.16. The summed E-state index contributed by atoms with van der Waals surface area (Å²) in [5.41, 5.74) is 8.34. The van der Waals surface area contributed by atoms with Crippen LogP contribution in [0, 0.1) is 20.8 Å². The molecule has 4 heteroatoms. The van der Waals surface area contributed by atoms with E-state index in [1.165, 1.54) is 27.8 Å². The lowest BCUT2D eigenvalue weighted by molar-refractivity contribution is 0.0953. The van der Waals surface area contributed by atoms with Gasteiger partial charge in [-0.15, -0.1) is 0 Å². The van der Waals surface area contributed by atoms with E-state index in [9.17, 15) is 4.79 Å². The van der Waals surface area contributed by atoms with Crippen LogP contribution in [0.25, 0.3) is 11.0 Å². The first kappa shape index (κ1) is 22.8. The van der Waals surface area contributed by atoms with Crippen LogP contribution < -0.4 is 5.32 Å². The van der Waals surface area contributed by atoms with Crippen LogP contribution in [0.5, 0.6) is 0 Å². The number of para-hydroxylation sites is 2. The summed E-state index contributed by atoms with van der Waals surface area (Å²) < 4.78 is 2.39. The van der Waals surface area contributed by atoms with Gasteiger partial charge in [0.05, 0.1) is 11.0 Å². The molecule has 0 atom stereocenters. The third-order valence-electron chi connectivity index (χ3n) is 6.29. The lowest BCUT2D eigenvalue weighted by Gasteiger charge is -2.15. The second kappa shape index (κ2) is 10.5. The number of hydrogen-bond donors (Lipinski definition) is 1. The van der Waals surface area contributed by atoms with Crippen molar-refractivity contribution < 1.29 is 4.79 Å². The molecular formula is C29H33N3O. The first-order chi connectivity index (χ1) is 16.0. The van der Waals surface area contributed by atoms with E-state index in [1.807, 2.05) is 30.3 Å². The van der Waals surface area contributed by atoms with Gasteiger partial charge in [-0.3, -0.25) is 4.79 Å². The average molecular weight is 440 g/mol. The molecule has 0 radical (unpaired) electrons. The predicted molar refractivity (Wildman–Crippen MR) is 136 cm³/mol. The Kier molecular flexibility index (Phi) is 7.23. The van der Waals surface area contributed by atoms with E-state index in [0.29, 0.717) is 12.1 Å². The van der Waals surface area contributed by atoms with Crippen molar-refractivity contribution in [3.63, 3.8) is 0 Å². The number of benzene rings is 3. The van der Waals surface area contributed by atoms with E-state index >= 15 is 0 Å². The highest BCUT2D eigenvalue weighted by Gasteiger charge is 2.13. The SMILES string of the molecule is Cc1cc(C)c(Cn2c(CCCCCNC(=O)c3ccccc3)nc3ccccc32)c(C)c1. The molecule has 4 aromatic rings. The zero-order valence-electron chi connectivity index (χ0n) is 19.9. The van der Waals surface area contributed by atoms with Crippen LogP contribution >= 0.6 is 0 Å². The number of fused-ring (bicyclic) bond motifs is 1. The van der Waals surface area contributed by atoms with Crippen LogP contribution in [0.3, 0.4) is 0 Å². The molecule has 1 heterocycles. The topological polar surface area (TPSA) is 46.9 Å². The first-order valence-electron chi connectivity index (χ1n) is 11.9. The van der Waals surface area contributed by atoms with Crippen LogP contribution in [-0.4, -0.2) is 22.0 Å². The number of aryl methyl sites for hydroxylation is 4. The third kappa shape index (κ3) is 5.51. The molecule has 4 nitrogen and oxygen atoms in total. The maximum atomic E-state index is 12.2. The molecule has 0 unspecified atom stereocenters. The third-order valence-corrected chi connectivity index (χ3v) is 6.29. The minimum atomic E-state index is 0.00114. The maximum Gasteiger partial charge on any atom is 0.251 e. The molecule has 0 aliphatic rings. The molecule has 0 fully saturated rings. The van der Waals surface area contributed by atoms with Crippen LogP contribution in [0.4, 0.5) is 0 Å². The Hall–Kier alpha value is -3.40. The van der Waals surface area contributed by atoms with Crippen molar-refractivity contribution in [1.82, 2.24) is 14.9 Å². The van der Waals surface area contributed by atoms with Gasteiger partial charge in [0.15, 0.2) is 0 Å². The standard InChI is InChI=1S/C29H33N3O/c1-21-18-22(2)25(23(3)19-21)20-32-27-15-10-9-14-26(27)31-28(32)16-8-5-11-17-30-29(33)24-12-6-4-7-13-24/h4,6-7,9-10,12-15,18-19H,5,8,11,16-17,20H2,1-3H3,(H,30,33). The summed E-state index contributed by atoms with van der Waals surface area (Å²) >= 11 is 0. The lowest BCUT2D eigenvalue weighted by atomic mass is 9.99. The highest BCUT2D eigenvalue weighted by molar-refractivity contribution is 5.94. The van der Waals surface area contributed by atoms with Crippen molar-refractivity contribution in [3.05, 3.63) is 100 Å². The summed E-state index contributed by atoms with van der Waals surface area (Å²) in [7, 11) is 0. The van der Waals surface area contributed by atoms with Crippen LogP contribution in [0.2, 0.25) is 0 Å². The van der Waals surface area contributed by atoms with Gasteiger partial charge in [0.2, 0.25) is 0 Å². The summed E-state index contributed by atoms with van der Waals surface area (Å²) in [4.78, 5) is 17.1. The molecule has 4 rings (SSSR count). The van der Waals surface area contributed by atoms with Gasteiger partial charge in [0, 0.05) is 25.1 Å². The highest BCUT2D eigenvalue weighted by Crippen LogP contribution is 2.23. The van der Waals surface area contributed by atoms with Gasteiger partial charge in [-0.25, -0.2) is 4.98 Å². The fourth-order valence-corrected chi connectivity index (χ4v) is 4.59. The fraction of sp³-hybridized carbons (Fsp3) is 0.310. The number of unbranched alkanes of at least 4 members (excludes halogenated alkanes) is 2. The second-order valence-electron chi connectivity index (χ2n) is 8.91. The second-order valence-corrected chi connectivity index (χ2v) is 8.91. The van der Waals surface area contributed by atoms with E-state index in [0.717, 1.165) is 43.6 Å². The Morgan fingerprint density at radius 1 is 0.879 bits per heavy atom. The molecule has 170 valence electrons. The van der Waals surface area contributed by atoms with Gasteiger partial charge < -0.3 is 9.88 Å². The summed E-state index contributed by atoms with van der Waals surface area (Å²) in [6.45, 7) is 8.12. The number of amides is 1. The first-order valence-corrected chi connectivity index (χ1v) is 11.9. The van der Waals surface area contributed by atoms with E-state index in [4.69, 9.17) is 4.98 Å². The molecule has 1 amide bonds. The minimum absolute atomic E-state index is 0.00114. The molecule has 33 heavy (non-hydrogen) atoms. The van der Waals surface area contributed by atoms with Gasteiger partial charge in [-0.2, -0.15) is 0 Å². The predicted octanol–water partition coefficient (Wildman–Crippen LogP) is 6.15. The van der Waals surface area contributed by atoms with Crippen LogP contribution in [0.15, 0.2) is 66.7 Å². The molecule has 0 aliphatic carbocycles. The molecule has 0 spiro atoms. The van der Waals surface area contributed by atoms with Crippen molar-refractivity contribution in [2.45, 2.75) is 53.0 Å². The van der Waals surface area contributed by atoms with Crippen LogP contribution in [0.1, 0.15) is 57.7 Å². The number of carbonyl (C=O) groups is 1. The molecule has 1 N–H and O–H groups in total. The quantitative estimate of drug-likeness (QED) is 0.318. The maximum absolute atomic E-state index is 12.2. The Labute approximate surface area is 196 Å². The number of rotatable bonds is 9. The number of aromatic nitrogens is 2. The van der Waals surface area contributed by atoms with Gasteiger partial charge >= 0.3 is 0 Å². The zero-order chi connectivity index (χ0) is 23.2. The van der Waals surface area contributed by atoms with E-state index in [-0.39, 0.29) is 5.91 Å². The van der Waals surface area contributed by atoms with Gasteiger partial charge in [-0.1, -0.05) is 54.4 Å². The molecule has 0 aliphatic heterocycles. The van der Waals surface area contributed by atoms with Crippen LogP contribution in [-0.2, 0) is 13.0 Å². The van der Waals surface area contributed by atoms with Crippen molar-refractivity contribution in [2.75, 3.05) is 6.54 Å². The number of nitrogens with zero attached hydrogens (tertiary/aromatic N) is 2. The van der Waals surface area contributed by atoms with E-state index in [1.54, 1.807) is 0 Å². The zero-order valence-corrected chi connectivity index (χ0v) is 19.9. The molecule has 0 bridgehead atoms. The molecule has 1 aromatic heterocycles. The van der Waals surface area contributed by atoms with Crippen molar-refractivity contribution in [1.29, 1.82) is 0 Å². The summed E-state index contributed by atoms with van der Waals surface area (Å²) in [5.74, 6) is 1.14. The smallest absolute Gasteiger partial charge is 0.251 e. The highest BCUT2D eigenvalue weighted by atomic mass is 16.1. The van der Waals surface area contributed by atoms with Crippen molar-refractivity contribution >= 4 is 16.9 Å². The Bertz CT molecular complexity index is 1220. The Balaban J connectivity index is 1.38. The Morgan fingerprint density at radius 2 is 1.58 bits per heavy atom. The lowest BCUT2D eigenvalue weighted by Crippen LogP contribution is -2.24. The van der Waals surface area contributed by atoms with Crippen molar-refractivity contribution in [2.24, 2.45) is 0 Å². The normalized spacial score (nSPS) is 11.1. The number of hydrogen-bond acceptors (Lipinski definition) is 2. The summed E-state index contributed by atoms with van der Waals surface area (Å²) in [6.07, 6.45) is 4.01. The minimum Gasteiger partial charge on any atom is -0.352 e. The summed E-state index contributed by atoms with van der Waals surface area (Å²) in [6, 6.07) is 22.3. The largest absolute Gasteiger partial charge is 0.352 e. The fourth-order valence-electron chi connectivity index (χ4n) is 4.59. The summed E-state index contributed by atoms with van der Waals surface area (Å²) in [5, 5.41) is 3.02. The number of nitrogens with one attached hydrogen (secondary N) is 1. The van der Waals surface area contributed by atoms with Gasteiger partial charge in [0.1, 0.15) is 5.82 Å². The number of carbonyl (C=O) groups excluding carboxylic acids is 1. The molecular weight excluding hydrogens is 406 g/mol. The van der Waals surface area contributed by atoms with Gasteiger partial charge in [0.25, 0.3) is 5.91 Å². The molecule has 0 saturated carbocycles. The Morgan fingerprint density at radius 3 is 2.33 bits per heavy atom. The molecule has 0 saturated heterocycles. The van der Waals surface area contributed by atoms with Crippen molar-refractivity contribution in [3.8, 4) is 0 Å². The molecule has 3 aromatic carbocycles. The number of imidazole rings is 1. The van der Waals surface area contributed by atoms with Gasteiger partial charge in [-0.05, 0) is 74.6 Å². The monoisotopic (exact) mass is 439 g/mol.